The quantitative estimate of drug-likeness (QED) is 0.704. The number of aromatic nitrogens is 1. The van der Waals surface area contributed by atoms with Gasteiger partial charge in [-0.15, -0.1) is 0 Å². The van der Waals surface area contributed by atoms with Gasteiger partial charge in [0.1, 0.15) is 12.3 Å². The molecule has 3 heteroatoms. The second-order valence-corrected chi connectivity index (χ2v) is 3.97. The number of nitrogens with two attached hydrogens (primary N) is 1. The van der Waals surface area contributed by atoms with Gasteiger partial charge in [-0.25, -0.2) is 0 Å². The number of hydrogen-bond donors (Lipinski definition) is 2. The van der Waals surface area contributed by atoms with Crippen molar-refractivity contribution in [1.29, 1.82) is 0 Å². The van der Waals surface area contributed by atoms with Crippen molar-refractivity contribution >= 4 is 5.57 Å². The zero-order valence-corrected chi connectivity index (χ0v) is 8.85. The first kappa shape index (κ1) is 9.49. The van der Waals surface area contributed by atoms with Crippen LogP contribution in [0.5, 0.6) is 0 Å². The highest BCUT2D eigenvalue weighted by Gasteiger charge is 2.40. The van der Waals surface area contributed by atoms with Crippen molar-refractivity contribution in [3.63, 3.8) is 0 Å². The molecule has 76 valence electrons. The van der Waals surface area contributed by atoms with E-state index in [0.29, 0.717) is 0 Å². The van der Waals surface area contributed by atoms with Crippen LogP contribution in [0, 0.1) is 13.8 Å². The largest absolute Gasteiger partial charge is 0.358 e. The van der Waals surface area contributed by atoms with E-state index < -0.39 is 0 Å². The minimum atomic E-state index is -0.124. The van der Waals surface area contributed by atoms with Gasteiger partial charge in [0.2, 0.25) is 0 Å². The molecule has 1 aliphatic rings. The lowest BCUT2D eigenvalue weighted by Gasteiger charge is -1.98. The first-order chi connectivity index (χ1) is 6.52. The van der Waals surface area contributed by atoms with E-state index in [-0.39, 0.29) is 12.3 Å². The van der Waals surface area contributed by atoms with Gasteiger partial charge in [0.15, 0.2) is 0 Å². The number of allylic oxidation sites excluding steroid dienone is 1. The molecule has 0 radical (unpaired) electrons. The molecule has 0 saturated carbocycles. The predicted molar refractivity (Wildman–Crippen MR) is 56.8 cm³/mol. The third-order valence-electron chi connectivity index (χ3n) is 2.73. The number of aromatic amines is 1. The lowest BCUT2D eigenvalue weighted by atomic mass is 10.0. The first-order valence-corrected chi connectivity index (χ1v) is 4.78. The topological polar surface area (TPSA) is 54.3 Å². The number of epoxide rings is 1. The average Bonchev–Trinajstić information content (AvgIpc) is 2.69. The molecule has 2 rings (SSSR count). The van der Waals surface area contributed by atoms with Crippen LogP contribution in [-0.2, 0) is 4.74 Å². The van der Waals surface area contributed by atoms with Crippen molar-refractivity contribution in [2.24, 2.45) is 5.73 Å². The molecular weight excluding hydrogens is 176 g/mol. The van der Waals surface area contributed by atoms with E-state index in [2.05, 4.69) is 18.5 Å². The molecule has 1 saturated heterocycles. The molecule has 1 aromatic heterocycles. The molecule has 0 spiro atoms. The molecule has 1 aliphatic heterocycles. The molecule has 3 N–H and O–H groups in total. The van der Waals surface area contributed by atoms with Gasteiger partial charge in [-0.1, -0.05) is 6.58 Å². The Morgan fingerprint density at radius 2 is 2.07 bits per heavy atom. The molecule has 2 atom stereocenters. The Kier molecular flexibility index (Phi) is 2.01. The van der Waals surface area contributed by atoms with Crippen LogP contribution < -0.4 is 5.73 Å². The summed E-state index contributed by atoms with van der Waals surface area (Å²) in [7, 11) is 0. The van der Waals surface area contributed by atoms with Gasteiger partial charge >= 0.3 is 0 Å². The standard InChI is InChI=1S/C11H16N2O/c1-5(2)9-6(3)8(7(4)13-9)10-11(12)14-10/h10-11,13H,1,12H2,2-4H3. The molecule has 14 heavy (non-hydrogen) atoms. The van der Waals surface area contributed by atoms with E-state index in [4.69, 9.17) is 10.5 Å². The van der Waals surface area contributed by atoms with Crippen molar-refractivity contribution in [3.8, 4) is 0 Å². The summed E-state index contributed by atoms with van der Waals surface area (Å²) in [5.41, 5.74) is 11.4. The molecule has 0 aromatic carbocycles. The summed E-state index contributed by atoms with van der Waals surface area (Å²) in [5, 5.41) is 0. The molecule has 0 aliphatic carbocycles. The summed E-state index contributed by atoms with van der Waals surface area (Å²) in [4.78, 5) is 3.32. The van der Waals surface area contributed by atoms with Crippen LogP contribution >= 0.6 is 0 Å². The number of ether oxygens (including phenoxy) is 1. The Hall–Kier alpha value is -1.06. The lowest BCUT2D eigenvalue weighted by molar-refractivity contribution is 0.377. The highest BCUT2D eigenvalue weighted by atomic mass is 16.6. The van der Waals surface area contributed by atoms with Crippen LogP contribution in [-0.4, -0.2) is 11.2 Å². The number of H-pyrrole nitrogens is 1. The van der Waals surface area contributed by atoms with Crippen LogP contribution in [0.1, 0.15) is 35.5 Å². The molecule has 2 heterocycles. The highest BCUT2D eigenvalue weighted by molar-refractivity contribution is 5.64. The van der Waals surface area contributed by atoms with Crippen molar-refractivity contribution in [2.45, 2.75) is 33.1 Å². The fourth-order valence-corrected chi connectivity index (χ4v) is 1.97. The Labute approximate surface area is 84.0 Å². The van der Waals surface area contributed by atoms with Crippen LogP contribution in [0.4, 0.5) is 0 Å². The van der Waals surface area contributed by atoms with E-state index in [1.807, 2.05) is 13.8 Å². The van der Waals surface area contributed by atoms with E-state index in [9.17, 15) is 0 Å². The minimum Gasteiger partial charge on any atom is -0.358 e. The normalized spacial score (nSPS) is 25.1. The molecule has 0 bridgehead atoms. The number of aryl methyl sites for hydroxylation is 1. The number of hydrogen-bond acceptors (Lipinski definition) is 2. The first-order valence-electron chi connectivity index (χ1n) is 4.78. The zero-order valence-electron chi connectivity index (χ0n) is 8.85. The van der Waals surface area contributed by atoms with Crippen LogP contribution in [0.25, 0.3) is 5.57 Å². The SMILES string of the molecule is C=C(C)c1[nH]c(C)c(C2OC2N)c1C. The summed E-state index contributed by atoms with van der Waals surface area (Å²) < 4.78 is 5.29. The molecule has 2 unspecified atom stereocenters. The maximum absolute atomic E-state index is 5.66. The summed E-state index contributed by atoms with van der Waals surface area (Å²) >= 11 is 0. The smallest absolute Gasteiger partial charge is 0.137 e. The summed E-state index contributed by atoms with van der Waals surface area (Å²) in [6.07, 6.45) is -0.0412. The Balaban J connectivity index is 2.45. The number of nitrogens with one attached hydrogen (secondary N) is 1. The molecular formula is C11H16N2O. The van der Waals surface area contributed by atoms with Crippen LogP contribution in [0.15, 0.2) is 6.58 Å². The maximum Gasteiger partial charge on any atom is 0.137 e. The summed E-state index contributed by atoms with van der Waals surface area (Å²) in [6, 6.07) is 0. The number of rotatable bonds is 2. The van der Waals surface area contributed by atoms with Crippen molar-refractivity contribution in [2.75, 3.05) is 0 Å². The van der Waals surface area contributed by atoms with Crippen molar-refractivity contribution in [1.82, 2.24) is 4.98 Å². The molecule has 0 amide bonds. The molecule has 1 aromatic rings. The van der Waals surface area contributed by atoms with Gasteiger partial charge < -0.3 is 15.5 Å². The lowest BCUT2D eigenvalue weighted by Crippen LogP contribution is -2.02. The van der Waals surface area contributed by atoms with E-state index >= 15 is 0 Å². The fourth-order valence-electron chi connectivity index (χ4n) is 1.97. The minimum absolute atomic E-state index is 0.0827. The average molecular weight is 192 g/mol. The fraction of sp³-hybridized carbons (Fsp3) is 0.455. The Morgan fingerprint density at radius 1 is 1.50 bits per heavy atom. The van der Waals surface area contributed by atoms with Gasteiger partial charge in [-0.2, -0.15) is 0 Å². The second kappa shape index (κ2) is 2.97. The van der Waals surface area contributed by atoms with Gasteiger partial charge in [0.05, 0.1) is 0 Å². The van der Waals surface area contributed by atoms with E-state index in [1.165, 1.54) is 11.1 Å². The monoisotopic (exact) mass is 192 g/mol. The summed E-state index contributed by atoms with van der Waals surface area (Å²) in [5.74, 6) is 0. The van der Waals surface area contributed by atoms with Crippen molar-refractivity contribution < 1.29 is 4.74 Å². The van der Waals surface area contributed by atoms with Gasteiger partial charge in [-0.05, 0) is 31.9 Å². The Morgan fingerprint density at radius 3 is 2.43 bits per heavy atom. The summed E-state index contributed by atoms with van der Waals surface area (Å²) in [6.45, 7) is 10.1. The predicted octanol–water partition coefficient (Wildman–Crippen LogP) is 2.02. The third kappa shape index (κ3) is 1.29. The van der Waals surface area contributed by atoms with Crippen LogP contribution in [0.3, 0.4) is 0 Å². The van der Waals surface area contributed by atoms with Gasteiger partial charge in [0.25, 0.3) is 0 Å². The highest BCUT2D eigenvalue weighted by Crippen LogP contribution is 2.40. The molecule has 3 nitrogen and oxygen atoms in total. The molecule has 1 fully saturated rings. The van der Waals surface area contributed by atoms with Gasteiger partial charge in [0, 0.05) is 17.0 Å². The van der Waals surface area contributed by atoms with Crippen LogP contribution in [0.2, 0.25) is 0 Å². The second-order valence-electron chi connectivity index (χ2n) is 3.97. The zero-order chi connectivity index (χ0) is 10.5. The van der Waals surface area contributed by atoms with Gasteiger partial charge in [-0.3, -0.25) is 0 Å². The third-order valence-corrected chi connectivity index (χ3v) is 2.73. The Bertz CT molecular complexity index is 392. The van der Waals surface area contributed by atoms with E-state index in [1.54, 1.807) is 0 Å². The maximum atomic E-state index is 5.66. The van der Waals surface area contributed by atoms with Crippen molar-refractivity contribution in [3.05, 3.63) is 29.1 Å². The van der Waals surface area contributed by atoms with E-state index in [0.717, 1.165) is 17.0 Å².